The number of aliphatic hydroxyl groups is 2. The number of aromatic carboxylic acids is 1. The molecule has 2 bridgehead atoms. The first-order chi connectivity index (χ1) is 27.2. The number of pyridine rings is 1. The highest BCUT2D eigenvalue weighted by atomic mass is 32.1. The first-order valence-corrected chi connectivity index (χ1v) is 20.5. The Hall–Kier alpha value is -4.67. The maximum Gasteiger partial charge on any atom is 0.355 e. The SMILES string of the molecule is Cc1cc(C(=O)c2ccc(-c3cnn(CC45CC6(OCCNCC[C@H](O)CO)CC7(C)CC(C)(C4)C75C6)c3C)c(C(=O)O)n2)nnc1Nc1nc2ccccc2s1. The number of ketones is 1. The van der Waals surface area contributed by atoms with Crippen molar-refractivity contribution in [2.24, 2.45) is 21.7 Å². The summed E-state index contributed by atoms with van der Waals surface area (Å²) >= 11 is 1.49. The number of carbonyl (C=O) groups excluding carboxylic acids is 1. The number of thiazole rings is 1. The first-order valence-electron chi connectivity index (χ1n) is 19.7. The van der Waals surface area contributed by atoms with Crippen LogP contribution in [0.3, 0.4) is 0 Å². The van der Waals surface area contributed by atoms with Crippen LogP contribution >= 0.6 is 11.3 Å². The Morgan fingerprint density at radius 3 is 2.53 bits per heavy atom. The van der Waals surface area contributed by atoms with Gasteiger partial charge < -0.3 is 30.7 Å². The van der Waals surface area contributed by atoms with Gasteiger partial charge in [-0.1, -0.05) is 37.3 Å². The van der Waals surface area contributed by atoms with E-state index >= 15 is 0 Å². The number of carboxylic acids is 1. The Bertz CT molecular complexity index is 2400. The molecule has 298 valence electrons. The molecule has 0 radical (unpaired) electrons. The second-order valence-corrected chi connectivity index (χ2v) is 18.5. The molecule has 5 N–H and O–H groups in total. The molecule has 4 saturated carbocycles. The number of benzene rings is 1. The average Bonchev–Trinajstić information content (AvgIpc) is 3.89. The number of nitrogens with zero attached hydrogens (tertiary/aromatic N) is 6. The number of fused-ring (bicyclic) bond motifs is 2. The van der Waals surface area contributed by atoms with E-state index in [1.807, 2.05) is 42.8 Å². The summed E-state index contributed by atoms with van der Waals surface area (Å²) in [4.78, 5) is 35.3. The predicted molar refractivity (Wildman–Crippen MR) is 214 cm³/mol. The van der Waals surface area contributed by atoms with Crippen LogP contribution in [0.4, 0.5) is 10.9 Å². The van der Waals surface area contributed by atoms with Gasteiger partial charge in [-0.25, -0.2) is 14.8 Å². The maximum atomic E-state index is 13.6. The second kappa shape index (κ2) is 13.4. The third kappa shape index (κ3) is 5.75. The van der Waals surface area contributed by atoms with Crippen LogP contribution < -0.4 is 10.6 Å². The summed E-state index contributed by atoms with van der Waals surface area (Å²) in [5.41, 5.74) is 3.69. The minimum absolute atomic E-state index is 0.0164. The highest BCUT2D eigenvalue weighted by Gasteiger charge is 2.92. The van der Waals surface area contributed by atoms with E-state index < -0.39 is 17.9 Å². The van der Waals surface area contributed by atoms with Crippen molar-refractivity contribution < 1.29 is 29.6 Å². The molecule has 1 spiro atoms. The second-order valence-electron chi connectivity index (χ2n) is 17.5. The molecule has 4 fully saturated rings. The molecule has 5 aromatic rings. The molecule has 0 amide bonds. The van der Waals surface area contributed by atoms with E-state index in [0.717, 1.165) is 48.1 Å². The average molecular weight is 793 g/mol. The molecule has 6 atom stereocenters. The number of rotatable bonds is 16. The fourth-order valence-electron chi connectivity index (χ4n) is 12.3. The van der Waals surface area contributed by atoms with Gasteiger partial charge in [-0.15, -0.1) is 10.2 Å². The van der Waals surface area contributed by atoms with Crippen molar-refractivity contribution in [3.8, 4) is 11.1 Å². The standard InChI is InChI=1S/C42H48N8O6S/c1-24-15-31(48-49-35(24)47-37-46-29-7-5-6-8-32(29)57-37)34(53)30-10-9-27(33(45-30)36(54)55)28-16-44-50(25(28)2)23-40-19-38(3)18-39(4)20-41(21-40,22-42(38,39)40)56-14-13-43-12-11-26(52)17-51/h5-10,15-16,26,43,51-52H,11-14,17-23H2,1-4H3,(H,54,55)(H,46,47,49)/t26-,38?,39?,40?,41?,42?/m0/s1. The largest absolute Gasteiger partial charge is 0.476 e. The van der Waals surface area contributed by atoms with Crippen molar-refractivity contribution >= 4 is 44.3 Å². The maximum absolute atomic E-state index is 13.6. The molecular weight excluding hydrogens is 745 g/mol. The van der Waals surface area contributed by atoms with E-state index in [1.54, 1.807) is 24.4 Å². The molecule has 0 saturated heterocycles. The van der Waals surface area contributed by atoms with E-state index in [1.165, 1.54) is 17.8 Å². The number of aliphatic hydroxyl groups excluding tert-OH is 2. The third-order valence-corrected chi connectivity index (χ3v) is 14.9. The van der Waals surface area contributed by atoms with Crippen molar-refractivity contribution in [3.63, 3.8) is 0 Å². The molecular formula is C42H48N8O6S. The zero-order chi connectivity index (χ0) is 40.0. The van der Waals surface area contributed by atoms with Crippen LogP contribution in [0.5, 0.6) is 0 Å². The normalized spacial score (nSPS) is 28.5. The Kier molecular flexibility index (Phi) is 8.94. The van der Waals surface area contributed by atoms with Gasteiger partial charge in [-0.2, -0.15) is 5.10 Å². The lowest BCUT2D eigenvalue weighted by Crippen LogP contribution is -2.78. The quantitative estimate of drug-likeness (QED) is 0.0602. The number of carboxylic acid groups (broad SMARTS) is 1. The van der Waals surface area contributed by atoms with Gasteiger partial charge >= 0.3 is 5.97 Å². The van der Waals surface area contributed by atoms with E-state index in [4.69, 9.17) is 14.9 Å². The smallest absolute Gasteiger partial charge is 0.355 e. The van der Waals surface area contributed by atoms with Crippen LogP contribution in [0.15, 0.2) is 48.7 Å². The minimum atomic E-state index is -1.24. The molecule has 4 aromatic heterocycles. The number of anilines is 2. The lowest BCUT2D eigenvalue weighted by molar-refractivity contribution is -0.358. The molecule has 4 aliphatic carbocycles. The summed E-state index contributed by atoms with van der Waals surface area (Å²) in [6.45, 7) is 11.1. The van der Waals surface area contributed by atoms with Crippen molar-refractivity contribution in [2.75, 3.05) is 31.6 Å². The van der Waals surface area contributed by atoms with Crippen LogP contribution in [-0.2, 0) is 11.3 Å². The topological polar surface area (TPSA) is 198 Å². The Labute approximate surface area is 334 Å². The highest BCUT2D eigenvalue weighted by molar-refractivity contribution is 7.22. The van der Waals surface area contributed by atoms with Gasteiger partial charge in [0.05, 0.1) is 41.3 Å². The van der Waals surface area contributed by atoms with Gasteiger partial charge in [-0.05, 0) is 111 Å². The predicted octanol–water partition coefficient (Wildman–Crippen LogP) is 5.71. The summed E-state index contributed by atoms with van der Waals surface area (Å²) in [7, 11) is 0. The molecule has 5 unspecified atom stereocenters. The Balaban J connectivity index is 0.920. The van der Waals surface area contributed by atoms with E-state index in [-0.39, 0.29) is 50.9 Å². The van der Waals surface area contributed by atoms with Gasteiger partial charge in [0.2, 0.25) is 5.78 Å². The molecule has 9 rings (SSSR count). The molecule has 15 heteroatoms. The van der Waals surface area contributed by atoms with Gasteiger partial charge in [0.25, 0.3) is 0 Å². The number of hydrogen-bond acceptors (Lipinski definition) is 13. The molecule has 1 aromatic carbocycles. The van der Waals surface area contributed by atoms with E-state index in [2.05, 4.69) is 44.6 Å². The van der Waals surface area contributed by atoms with Crippen molar-refractivity contribution in [2.45, 2.75) is 84.5 Å². The fourth-order valence-corrected chi connectivity index (χ4v) is 13.2. The number of aromatic nitrogens is 6. The van der Waals surface area contributed by atoms with Crippen molar-refractivity contribution in [1.82, 2.24) is 35.3 Å². The zero-order valence-corrected chi connectivity index (χ0v) is 33.4. The van der Waals surface area contributed by atoms with Crippen LogP contribution in [0.1, 0.15) is 90.3 Å². The number of carbonyl (C=O) groups is 2. The summed E-state index contributed by atoms with van der Waals surface area (Å²) in [5.74, 6) is -1.31. The van der Waals surface area contributed by atoms with Gasteiger partial charge in [0.15, 0.2) is 16.6 Å². The molecule has 4 heterocycles. The highest BCUT2D eigenvalue weighted by Crippen LogP contribution is 2.97. The van der Waals surface area contributed by atoms with Crippen LogP contribution in [0.25, 0.3) is 21.3 Å². The summed E-state index contributed by atoms with van der Waals surface area (Å²) in [5, 5.41) is 49.6. The molecule has 57 heavy (non-hydrogen) atoms. The van der Waals surface area contributed by atoms with E-state index in [0.29, 0.717) is 53.8 Å². The summed E-state index contributed by atoms with van der Waals surface area (Å²) in [6.07, 6.45) is 6.87. The molecule has 14 nitrogen and oxygen atoms in total. The Morgan fingerprint density at radius 2 is 1.77 bits per heavy atom. The molecule has 4 aliphatic rings. The number of para-hydroxylation sites is 1. The van der Waals surface area contributed by atoms with Gasteiger partial charge in [-0.3, -0.25) is 9.48 Å². The fraction of sp³-hybridized carbons (Fsp3) is 0.500. The lowest BCUT2D eigenvalue weighted by atomic mass is 9.21. The minimum Gasteiger partial charge on any atom is -0.476 e. The third-order valence-electron chi connectivity index (χ3n) is 13.9. The number of hydrogen-bond donors (Lipinski definition) is 5. The zero-order valence-electron chi connectivity index (χ0n) is 32.6. The van der Waals surface area contributed by atoms with Gasteiger partial charge in [0.1, 0.15) is 11.4 Å². The van der Waals surface area contributed by atoms with Crippen molar-refractivity contribution in [3.05, 3.63) is 77.0 Å². The van der Waals surface area contributed by atoms with Gasteiger partial charge in [0, 0.05) is 35.3 Å². The lowest BCUT2D eigenvalue weighted by Gasteiger charge is -2.83. The Morgan fingerprint density at radius 1 is 0.965 bits per heavy atom. The van der Waals surface area contributed by atoms with Crippen LogP contribution in [0.2, 0.25) is 0 Å². The van der Waals surface area contributed by atoms with Crippen molar-refractivity contribution in [1.29, 1.82) is 0 Å². The number of nitrogens with one attached hydrogen (secondary N) is 2. The molecule has 0 aliphatic heterocycles. The monoisotopic (exact) mass is 792 g/mol. The van der Waals surface area contributed by atoms with E-state index in [9.17, 15) is 19.8 Å². The number of ether oxygens (including phenoxy) is 1. The summed E-state index contributed by atoms with van der Waals surface area (Å²) < 4.78 is 9.87. The first kappa shape index (κ1) is 37.9. The number of aryl methyl sites for hydroxylation is 1. The van der Waals surface area contributed by atoms with Crippen LogP contribution in [0, 0.1) is 35.5 Å². The summed E-state index contributed by atoms with van der Waals surface area (Å²) in [6, 6.07) is 12.6. The van der Waals surface area contributed by atoms with Crippen LogP contribution in [-0.4, -0.2) is 95.0 Å².